The van der Waals surface area contributed by atoms with Crippen LogP contribution in [0.3, 0.4) is 0 Å². The summed E-state index contributed by atoms with van der Waals surface area (Å²) >= 11 is 0. The van der Waals surface area contributed by atoms with Gasteiger partial charge in [-0.05, 0) is 49.7 Å². The maximum Gasteiger partial charge on any atom is 0.251 e. The average Bonchev–Trinajstić information content (AvgIpc) is 3.18. The molecule has 0 saturated carbocycles. The monoisotopic (exact) mass is 378 g/mol. The Morgan fingerprint density at radius 3 is 2.86 bits per heavy atom. The minimum atomic E-state index is -0.0905. The van der Waals surface area contributed by atoms with E-state index in [9.17, 15) is 4.79 Å². The minimum Gasteiger partial charge on any atom is -0.486 e. The Morgan fingerprint density at radius 2 is 1.96 bits per heavy atom. The highest BCUT2D eigenvalue weighted by Gasteiger charge is 2.26. The molecule has 0 spiro atoms. The van der Waals surface area contributed by atoms with Crippen LogP contribution in [0.2, 0.25) is 0 Å². The Morgan fingerprint density at radius 1 is 1.11 bits per heavy atom. The van der Waals surface area contributed by atoms with Crippen LogP contribution in [0.5, 0.6) is 11.5 Å². The van der Waals surface area contributed by atoms with E-state index in [1.165, 1.54) is 0 Å². The quantitative estimate of drug-likeness (QED) is 0.652. The van der Waals surface area contributed by atoms with Gasteiger partial charge in [0.25, 0.3) is 5.91 Å². The predicted molar refractivity (Wildman–Crippen MR) is 105 cm³/mol. The molecule has 5 rings (SSSR count). The number of amides is 1. The van der Waals surface area contributed by atoms with E-state index in [0.717, 1.165) is 36.2 Å². The van der Waals surface area contributed by atoms with Gasteiger partial charge < -0.3 is 25.1 Å². The molecule has 3 N–H and O–H groups in total. The summed E-state index contributed by atoms with van der Waals surface area (Å²) in [5.74, 6) is 2.14. The van der Waals surface area contributed by atoms with Crippen LogP contribution in [0.25, 0.3) is 11.0 Å². The molecule has 1 amide bonds. The molecule has 1 aromatic heterocycles. The van der Waals surface area contributed by atoms with Crippen molar-refractivity contribution in [2.75, 3.05) is 19.8 Å². The number of H-pyrrole nitrogens is 1. The molecule has 144 valence electrons. The van der Waals surface area contributed by atoms with E-state index in [1.807, 2.05) is 24.3 Å². The summed E-state index contributed by atoms with van der Waals surface area (Å²) in [5, 5.41) is 6.66. The number of aromatic amines is 1. The van der Waals surface area contributed by atoms with Gasteiger partial charge in [-0.25, -0.2) is 4.98 Å². The van der Waals surface area contributed by atoms with Crippen LogP contribution >= 0.6 is 0 Å². The fourth-order valence-corrected chi connectivity index (χ4v) is 3.85. The molecule has 7 nitrogen and oxygen atoms in total. The van der Waals surface area contributed by atoms with Crippen molar-refractivity contribution in [3.8, 4) is 11.5 Å². The fourth-order valence-electron chi connectivity index (χ4n) is 3.85. The Balaban J connectivity index is 1.28. The van der Waals surface area contributed by atoms with Crippen LogP contribution in [-0.4, -0.2) is 41.7 Å². The van der Waals surface area contributed by atoms with E-state index in [2.05, 4.69) is 15.6 Å². The molecular weight excluding hydrogens is 356 g/mol. The number of aromatic nitrogens is 2. The SMILES string of the molecule is O=C(NC1CCNC(c2nc3ccccc3[nH]2)C1)c1ccc2c(c1)OCCO2. The number of ether oxygens (including phenoxy) is 2. The van der Waals surface area contributed by atoms with Crippen molar-refractivity contribution >= 4 is 16.9 Å². The molecule has 2 aliphatic heterocycles. The topological polar surface area (TPSA) is 88.3 Å². The van der Waals surface area contributed by atoms with Gasteiger partial charge in [0, 0.05) is 11.6 Å². The summed E-state index contributed by atoms with van der Waals surface area (Å²) in [5.41, 5.74) is 2.58. The Bertz CT molecular complexity index is 983. The number of imidazole rings is 1. The van der Waals surface area contributed by atoms with Gasteiger partial charge >= 0.3 is 0 Å². The highest BCUT2D eigenvalue weighted by Crippen LogP contribution is 2.31. The third kappa shape index (κ3) is 3.29. The van der Waals surface area contributed by atoms with Crippen molar-refractivity contribution in [2.45, 2.75) is 24.9 Å². The van der Waals surface area contributed by atoms with Gasteiger partial charge in [0.15, 0.2) is 11.5 Å². The first kappa shape index (κ1) is 17.1. The number of carbonyl (C=O) groups excluding carboxylic acids is 1. The highest BCUT2D eigenvalue weighted by atomic mass is 16.6. The Kier molecular flexibility index (Phi) is 4.37. The molecule has 1 saturated heterocycles. The van der Waals surface area contributed by atoms with Gasteiger partial charge in [-0.3, -0.25) is 4.79 Å². The lowest BCUT2D eigenvalue weighted by molar-refractivity contribution is 0.0922. The summed E-state index contributed by atoms with van der Waals surface area (Å²) < 4.78 is 11.1. The number of nitrogens with one attached hydrogen (secondary N) is 3. The normalized spacial score (nSPS) is 21.4. The van der Waals surface area contributed by atoms with Crippen LogP contribution in [0.4, 0.5) is 0 Å². The molecule has 0 aliphatic carbocycles. The fraction of sp³-hybridized carbons (Fsp3) is 0.333. The molecule has 1 fully saturated rings. The number of para-hydroxylation sites is 2. The van der Waals surface area contributed by atoms with E-state index in [4.69, 9.17) is 14.5 Å². The molecule has 7 heteroatoms. The van der Waals surface area contributed by atoms with E-state index in [-0.39, 0.29) is 18.0 Å². The summed E-state index contributed by atoms with van der Waals surface area (Å²) in [6.07, 6.45) is 1.67. The maximum atomic E-state index is 12.7. The maximum absolute atomic E-state index is 12.7. The molecule has 3 aromatic rings. The third-order valence-electron chi connectivity index (χ3n) is 5.28. The zero-order chi connectivity index (χ0) is 18.9. The lowest BCUT2D eigenvalue weighted by Crippen LogP contribution is -2.44. The van der Waals surface area contributed by atoms with Crippen molar-refractivity contribution < 1.29 is 14.3 Å². The minimum absolute atomic E-state index is 0.0835. The lowest BCUT2D eigenvalue weighted by atomic mass is 9.98. The molecule has 2 aromatic carbocycles. The number of carbonyl (C=O) groups is 1. The average molecular weight is 378 g/mol. The van der Waals surface area contributed by atoms with Crippen molar-refractivity contribution in [2.24, 2.45) is 0 Å². The van der Waals surface area contributed by atoms with Crippen LogP contribution in [0, 0.1) is 0 Å². The number of hydrogen-bond acceptors (Lipinski definition) is 5. The standard InChI is InChI=1S/C21H22N4O3/c26-21(13-5-6-18-19(11-13)28-10-9-27-18)23-14-7-8-22-17(12-14)20-24-15-3-1-2-4-16(15)25-20/h1-6,11,14,17,22H,7-10,12H2,(H,23,26)(H,24,25). The number of benzene rings is 2. The lowest BCUT2D eigenvalue weighted by Gasteiger charge is -2.30. The van der Waals surface area contributed by atoms with E-state index < -0.39 is 0 Å². The summed E-state index contributed by atoms with van der Waals surface area (Å²) in [6.45, 7) is 1.87. The van der Waals surface area contributed by atoms with Gasteiger partial charge in [-0.2, -0.15) is 0 Å². The van der Waals surface area contributed by atoms with Gasteiger partial charge in [0.1, 0.15) is 19.0 Å². The van der Waals surface area contributed by atoms with E-state index >= 15 is 0 Å². The second-order valence-electron chi connectivity index (χ2n) is 7.20. The summed E-state index contributed by atoms with van der Waals surface area (Å²) in [7, 11) is 0. The van der Waals surface area contributed by atoms with Crippen molar-refractivity contribution in [3.63, 3.8) is 0 Å². The number of piperidine rings is 1. The summed E-state index contributed by atoms with van der Waals surface area (Å²) in [4.78, 5) is 20.8. The second-order valence-corrected chi connectivity index (χ2v) is 7.20. The third-order valence-corrected chi connectivity index (χ3v) is 5.28. The van der Waals surface area contributed by atoms with Crippen LogP contribution in [0.15, 0.2) is 42.5 Å². The van der Waals surface area contributed by atoms with E-state index in [0.29, 0.717) is 30.3 Å². The first-order valence-corrected chi connectivity index (χ1v) is 9.65. The van der Waals surface area contributed by atoms with Crippen molar-refractivity contribution in [1.29, 1.82) is 0 Å². The van der Waals surface area contributed by atoms with Gasteiger partial charge in [0.05, 0.1) is 17.1 Å². The number of rotatable bonds is 3. The molecule has 0 radical (unpaired) electrons. The first-order chi connectivity index (χ1) is 13.8. The molecule has 28 heavy (non-hydrogen) atoms. The smallest absolute Gasteiger partial charge is 0.251 e. The molecule has 2 atom stereocenters. The Labute approximate surface area is 162 Å². The highest BCUT2D eigenvalue weighted by molar-refractivity contribution is 5.95. The zero-order valence-corrected chi connectivity index (χ0v) is 15.4. The van der Waals surface area contributed by atoms with Crippen LogP contribution in [-0.2, 0) is 0 Å². The van der Waals surface area contributed by atoms with Crippen molar-refractivity contribution in [3.05, 3.63) is 53.9 Å². The van der Waals surface area contributed by atoms with E-state index in [1.54, 1.807) is 18.2 Å². The number of nitrogens with zero attached hydrogens (tertiary/aromatic N) is 1. The molecule has 2 aliphatic rings. The molecule has 0 bridgehead atoms. The molecular formula is C21H22N4O3. The molecule has 3 heterocycles. The predicted octanol–water partition coefficient (Wildman–Crippen LogP) is 2.56. The van der Waals surface area contributed by atoms with Gasteiger partial charge in [-0.1, -0.05) is 12.1 Å². The molecule has 2 unspecified atom stereocenters. The Hall–Kier alpha value is -3.06. The van der Waals surface area contributed by atoms with Crippen molar-refractivity contribution in [1.82, 2.24) is 20.6 Å². The summed E-state index contributed by atoms with van der Waals surface area (Å²) in [6, 6.07) is 13.5. The van der Waals surface area contributed by atoms with Gasteiger partial charge in [-0.15, -0.1) is 0 Å². The first-order valence-electron chi connectivity index (χ1n) is 9.65. The zero-order valence-electron chi connectivity index (χ0n) is 15.4. The largest absolute Gasteiger partial charge is 0.486 e. The van der Waals surface area contributed by atoms with Gasteiger partial charge in [0.2, 0.25) is 0 Å². The van der Waals surface area contributed by atoms with Crippen LogP contribution < -0.4 is 20.1 Å². The number of fused-ring (bicyclic) bond motifs is 2. The second kappa shape index (κ2) is 7.16. The van der Waals surface area contributed by atoms with Crippen LogP contribution in [0.1, 0.15) is 35.1 Å². The number of hydrogen-bond donors (Lipinski definition) is 3.